The second-order valence-electron chi connectivity index (χ2n) is 7.00. The molecule has 0 aliphatic rings. The molecule has 3 heterocycles. The Bertz CT molecular complexity index is 1310. The molecule has 12 nitrogen and oxygen atoms in total. The van der Waals surface area contributed by atoms with Gasteiger partial charge in [0.15, 0.2) is 6.39 Å². The van der Waals surface area contributed by atoms with Crippen LogP contribution in [-0.4, -0.2) is 39.8 Å². The van der Waals surface area contributed by atoms with Crippen LogP contribution in [-0.2, 0) is 16.7 Å². The highest BCUT2D eigenvalue weighted by Crippen LogP contribution is 2.21. The van der Waals surface area contributed by atoms with Gasteiger partial charge in [-0.25, -0.2) is 9.97 Å². The summed E-state index contributed by atoms with van der Waals surface area (Å²) in [5.41, 5.74) is 0.723. The van der Waals surface area contributed by atoms with E-state index in [1.165, 1.54) is 6.39 Å². The van der Waals surface area contributed by atoms with Crippen molar-refractivity contribution >= 4 is 27.7 Å². The average molecular weight is 471 g/mol. The van der Waals surface area contributed by atoms with Gasteiger partial charge in [-0.2, -0.15) is 13.4 Å². The first-order valence-corrected chi connectivity index (χ1v) is 11.6. The zero-order valence-corrected chi connectivity index (χ0v) is 18.5. The van der Waals surface area contributed by atoms with Gasteiger partial charge in [0.25, 0.3) is 0 Å². The third-order valence-electron chi connectivity index (χ3n) is 4.23. The van der Waals surface area contributed by atoms with Gasteiger partial charge in [0.2, 0.25) is 11.8 Å². The van der Waals surface area contributed by atoms with E-state index in [-0.39, 0.29) is 18.4 Å². The molecule has 3 N–H and O–H groups in total. The number of hydrogen-bond acceptors (Lipinski definition) is 11. The lowest BCUT2D eigenvalue weighted by Gasteiger charge is -2.11. The van der Waals surface area contributed by atoms with Gasteiger partial charge in [0, 0.05) is 12.3 Å². The van der Waals surface area contributed by atoms with Crippen molar-refractivity contribution in [2.75, 3.05) is 16.9 Å². The Kier molecular flexibility index (Phi) is 6.40. The first kappa shape index (κ1) is 22.1. The fourth-order valence-corrected chi connectivity index (χ4v) is 3.25. The molecule has 0 amide bonds. The summed E-state index contributed by atoms with van der Waals surface area (Å²) >= 11 is 0. The van der Waals surface area contributed by atoms with Crippen LogP contribution in [0.1, 0.15) is 24.3 Å². The van der Waals surface area contributed by atoms with Gasteiger partial charge in [0.1, 0.15) is 29.8 Å². The topological polar surface area (TPSA) is 157 Å². The van der Waals surface area contributed by atoms with E-state index in [1.807, 2.05) is 6.92 Å². The summed E-state index contributed by atoms with van der Waals surface area (Å²) in [6.45, 7) is 2.08. The van der Waals surface area contributed by atoms with E-state index in [1.54, 1.807) is 48.8 Å². The lowest BCUT2D eigenvalue weighted by molar-refractivity contribution is 0.293. The van der Waals surface area contributed by atoms with Crippen molar-refractivity contribution in [3.05, 3.63) is 66.5 Å². The molecular formula is C20H21N7O5S. The van der Waals surface area contributed by atoms with Crippen molar-refractivity contribution in [1.82, 2.24) is 25.1 Å². The molecule has 0 fully saturated rings. The molecule has 1 aromatic carbocycles. The molecule has 0 saturated carbocycles. The van der Waals surface area contributed by atoms with Crippen LogP contribution in [0.2, 0.25) is 0 Å². The lowest BCUT2D eigenvalue weighted by atomic mass is 10.2. The van der Waals surface area contributed by atoms with E-state index >= 15 is 0 Å². The second kappa shape index (κ2) is 9.56. The van der Waals surface area contributed by atoms with Gasteiger partial charge in [-0.3, -0.25) is 5.10 Å². The minimum absolute atomic E-state index is 0.156. The van der Waals surface area contributed by atoms with Crippen LogP contribution in [0.5, 0.6) is 11.6 Å². The lowest BCUT2D eigenvalue weighted by Crippen LogP contribution is -2.09. The molecule has 0 bridgehead atoms. The number of nitrogens with zero attached hydrogens (tertiary/aromatic N) is 4. The van der Waals surface area contributed by atoms with Gasteiger partial charge in [-0.1, -0.05) is 12.1 Å². The van der Waals surface area contributed by atoms with Crippen molar-refractivity contribution in [1.29, 1.82) is 0 Å². The van der Waals surface area contributed by atoms with Crippen LogP contribution in [0.15, 0.2) is 59.6 Å². The molecule has 33 heavy (non-hydrogen) atoms. The van der Waals surface area contributed by atoms with Gasteiger partial charge < -0.3 is 24.0 Å². The van der Waals surface area contributed by atoms with Crippen molar-refractivity contribution < 1.29 is 21.8 Å². The maximum Gasteiger partial charge on any atom is 0.306 e. The maximum absolute atomic E-state index is 11.3. The van der Waals surface area contributed by atoms with E-state index in [2.05, 4.69) is 35.8 Å². The highest BCUT2D eigenvalue weighted by Gasteiger charge is 2.11. The van der Waals surface area contributed by atoms with E-state index in [9.17, 15) is 8.42 Å². The van der Waals surface area contributed by atoms with Crippen LogP contribution in [0.4, 0.5) is 17.6 Å². The maximum atomic E-state index is 11.3. The molecule has 0 radical (unpaired) electrons. The van der Waals surface area contributed by atoms with Crippen LogP contribution in [0.3, 0.4) is 0 Å². The number of aromatic amines is 1. The first-order chi connectivity index (χ1) is 15.8. The number of ether oxygens (including phenoxy) is 1. The van der Waals surface area contributed by atoms with Crippen molar-refractivity contribution in [3.63, 3.8) is 0 Å². The van der Waals surface area contributed by atoms with E-state index in [0.717, 1.165) is 11.8 Å². The number of anilines is 3. The first-order valence-electron chi connectivity index (χ1n) is 9.76. The molecule has 4 rings (SSSR count). The number of rotatable bonds is 10. The number of nitrogens with one attached hydrogen (secondary N) is 3. The molecule has 0 spiro atoms. The third-order valence-corrected chi connectivity index (χ3v) is 4.72. The summed E-state index contributed by atoms with van der Waals surface area (Å²) in [6.07, 6.45) is 5.59. The normalized spacial score (nSPS) is 12.2. The van der Waals surface area contributed by atoms with Crippen molar-refractivity contribution in [2.24, 2.45) is 0 Å². The van der Waals surface area contributed by atoms with Crippen LogP contribution >= 0.6 is 0 Å². The second-order valence-corrected chi connectivity index (χ2v) is 8.58. The fourth-order valence-electron chi connectivity index (χ4n) is 2.80. The fraction of sp³-hybridized carbons (Fsp3) is 0.200. The third kappa shape index (κ3) is 6.43. The van der Waals surface area contributed by atoms with Gasteiger partial charge >= 0.3 is 10.1 Å². The van der Waals surface area contributed by atoms with Crippen LogP contribution in [0.25, 0.3) is 0 Å². The van der Waals surface area contributed by atoms with Gasteiger partial charge in [-0.05, 0) is 30.7 Å². The zero-order chi connectivity index (χ0) is 23.3. The van der Waals surface area contributed by atoms with Crippen molar-refractivity contribution in [2.45, 2.75) is 19.6 Å². The zero-order valence-electron chi connectivity index (χ0n) is 17.7. The summed E-state index contributed by atoms with van der Waals surface area (Å²) in [7, 11) is -3.60. The molecule has 0 aliphatic carbocycles. The number of benzene rings is 1. The molecule has 1 atom stereocenters. The summed E-state index contributed by atoms with van der Waals surface area (Å²) in [5, 5.41) is 13.2. The highest BCUT2D eigenvalue weighted by molar-refractivity contribution is 7.86. The number of oxazole rings is 1. The summed E-state index contributed by atoms with van der Waals surface area (Å²) in [6, 6.07) is 9.83. The van der Waals surface area contributed by atoms with Crippen LogP contribution in [0, 0.1) is 0 Å². The van der Waals surface area contributed by atoms with E-state index < -0.39 is 10.1 Å². The van der Waals surface area contributed by atoms with E-state index in [4.69, 9.17) is 13.3 Å². The van der Waals surface area contributed by atoms with E-state index in [0.29, 0.717) is 29.2 Å². The smallest absolute Gasteiger partial charge is 0.306 e. The summed E-state index contributed by atoms with van der Waals surface area (Å²) < 4.78 is 38.4. The van der Waals surface area contributed by atoms with Crippen LogP contribution < -0.4 is 19.6 Å². The minimum atomic E-state index is -3.60. The van der Waals surface area contributed by atoms with Crippen molar-refractivity contribution in [3.8, 4) is 11.6 Å². The Morgan fingerprint density at radius 2 is 2.12 bits per heavy atom. The Morgan fingerprint density at radius 3 is 2.91 bits per heavy atom. The summed E-state index contributed by atoms with van der Waals surface area (Å²) in [5.74, 6) is 2.74. The Hall–Kier alpha value is -4.13. The molecule has 1 unspecified atom stereocenters. The molecule has 0 saturated heterocycles. The highest BCUT2D eigenvalue weighted by atomic mass is 32.2. The molecule has 13 heteroatoms. The number of H-pyrrole nitrogens is 1. The molecule has 0 aliphatic heterocycles. The number of aromatic nitrogens is 5. The predicted octanol–water partition coefficient (Wildman–Crippen LogP) is 3.02. The molecule has 4 aromatic rings. The number of hydrogen-bond donors (Lipinski definition) is 3. The molecule has 3 aromatic heterocycles. The standard InChI is InChI=1S/C20H21N7O5S/c1-13(16-10-21-12-31-16)23-20-22-7-6-17(25-20)24-18-9-19(27-26-18)30-11-14-4-3-5-15(8-14)32-33(2,28)29/h3-10,12-13H,11H2,1-2H3,(H3,22,23,24,25,26,27). The van der Waals surface area contributed by atoms with Gasteiger partial charge in [0.05, 0.1) is 18.5 Å². The predicted molar refractivity (Wildman–Crippen MR) is 119 cm³/mol. The Labute approximate surface area is 189 Å². The monoisotopic (exact) mass is 471 g/mol. The molecular weight excluding hydrogens is 450 g/mol. The molecule has 172 valence electrons. The largest absolute Gasteiger partial charge is 0.472 e. The Morgan fingerprint density at radius 1 is 1.24 bits per heavy atom. The minimum Gasteiger partial charge on any atom is -0.472 e. The quantitative estimate of drug-likeness (QED) is 0.292. The average Bonchev–Trinajstić information content (AvgIpc) is 3.44. The SMILES string of the molecule is CC(Nc1nccc(Nc2cc(OCc3cccc(OS(C)(=O)=O)c3)n[nH]2)n1)c1cnco1. The van der Waals surface area contributed by atoms with Gasteiger partial charge in [-0.15, -0.1) is 5.10 Å². The summed E-state index contributed by atoms with van der Waals surface area (Å²) in [4.78, 5) is 12.5. The Balaban J connectivity index is 1.34.